The average molecular weight is 298 g/mol. The van der Waals surface area contributed by atoms with E-state index in [2.05, 4.69) is 26.8 Å². The van der Waals surface area contributed by atoms with Crippen LogP contribution in [-0.4, -0.2) is 14.2 Å². The molecule has 0 bridgehead atoms. The summed E-state index contributed by atoms with van der Waals surface area (Å²) in [6.07, 6.45) is 1.82. The van der Waals surface area contributed by atoms with E-state index in [9.17, 15) is 5.26 Å². The molecule has 0 N–H and O–H groups in total. The lowest BCUT2D eigenvalue weighted by Crippen LogP contribution is -2.30. The zero-order valence-corrected chi connectivity index (χ0v) is 13.7. The van der Waals surface area contributed by atoms with Gasteiger partial charge in [-0.2, -0.15) is 5.26 Å². The van der Waals surface area contributed by atoms with Gasteiger partial charge in [-0.3, -0.25) is 0 Å². The lowest BCUT2D eigenvalue weighted by Gasteiger charge is -2.31. The molecule has 0 aromatic heterocycles. The number of nitriles is 1. The molecule has 1 rings (SSSR count). The van der Waals surface area contributed by atoms with Gasteiger partial charge in [0.15, 0.2) is 11.5 Å². The van der Waals surface area contributed by atoms with Crippen molar-refractivity contribution in [3.63, 3.8) is 0 Å². The molecule has 0 saturated heterocycles. The Hall–Kier alpha value is -1.40. The molecule has 0 aliphatic rings. The lowest BCUT2D eigenvalue weighted by molar-refractivity contribution is 0.344. The molecule has 0 amide bonds. The highest BCUT2D eigenvalue weighted by atomic mass is 35.5. The van der Waals surface area contributed by atoms with E-state index >= 15 is 0 Å². The second-order valence-electron chi connectivity index (χ2n) is 5.06. The SMILES string of the molecule is CCCC(C#N)(c1ccc(OC)c(OC)c1)C(C)C.Cl. The largest absolute Gasteiger partial charge is 0.493 e. The molecule has 1 aromatic rings. The number of hydrogen-bond acceptors (Lipinski definition) is 3. The van der Waals surface area contributed by atoms with Crippen molar-refractivity contribution in [2.75, 3.05) is 14.2 Å². The van der Waals surface area contributed by atoms with E-state index in [0.29, 0.717) is 11.5 Å². The first-order chi connectivity index (χ1) is 9.05. The van der Waals surface area contributed by atoms with Crippen molar-refractivity contribution in [1.82, 2.24) is 0 Å². The van der Waals surface area contributed by atoms with Gasteiger partial charge in [0.25, 0.3) is 0 Å². The van der Waals surface area contributed by atoms with Crippen LogP contribution in [0.2, 0.25) is 0 Å². The lowest BCUT2D eigenvalue weighted by atomic mass is 9.70. The second-order valence-corrected chi connectivity index (χ2v) is 5.06. The summed E-state index contributed by atoms with van der Waals surface area (Å²) in [5, 5.41) is 9.70. The van der Waals surface area contributed by atoms with E-state index in [1.807, 2.05) is 18.2 Å². The molecule has 3 nitrogen and oxygen atoms in total. The number of ether oxygens (including phenoxy) is 2. The number of methoxy groups -OCH3 is 2. The zero-order valence-electron chi connectivity index (χ0n) is 12.9. The molecular formula is C16H24ClNO2. The fourth-order valence-corrected chi connectivity index (χ4v) is 2.52. The van der Waals surface area contributed by atoms with Gasteiger partial charge in [0.2, 0.25) is 0 Å². The first kappa shape index (κ1) is 18.6. The third kappa shape index (κ3) is 3.37. The van der Waals surface area contributed by atoms with Crippen LogP contribution in [0.15, 0.2) is 18.2 Å². The fraction of sp³-hybridized carbons (Fsp3) is 0.562. The van der Waals surface area contributed by atoms with Crippen LogP contribution < -0.4 is 9.47 Å². The van der Waals surface area contributed by atoms with Crippen molar-refractivity contribution in [3.8, 4) is 17.6 Å². The Kier molecular flexibility index (Phi) is 7.45. The number of benzene rings is 1. The normalized spacial score (nSPS) is 13.1. The predicted molar refractivity (Wildman–Crippen MR) is 83.8 cm³/mol. The molecular weight excluding hydrogens is 274 g/mol. The van der Waals surface area contributed by atoms with Crippen LogP contribution in [-0.2, 0) is 5.41 Å². The first-order valence-electron chi connectivity index (χ1n) is 6.69. The molecule has 0 spiro atoms. The Morgan fingerprint density at radius 1 is 1.20 bits per heavy atom. The molecule has 20 heavy (non-hydrogen) atoms. The molecule has 0 saturated carbocycles. The number of rotatable bonds is 6. The van der Waals surface area contributed by atoms with Gasteiger partial charge in [-0.1, -0.05) is 33.3 Å². The third-order valence-corrected chi connectivity index (χ3v) is 3.73. The topological polar surface area (TPSA) is 42.2 Å². The van der Waals surface area contributed by atoms with Crippen molar-refractivity contribution in [3.05, 3.63) is 23.8 Å². The summed E-state index contributed by atoms with van der Waals surface area (Å²) in [4.78, 5) is 0. The van der Waals surface area contributed by atoms with E-state index in [1.165, 1.54) is 0 Å². The van der Waals surface area contributed by atoms with Gasteiger partial charge < -0.3 is 9.47 Å². The van der Waals surface area contributed by atoms with E-state index in [0.717, 1.165) is 18.4 Å². The highest BCUT2D eigenvalue weighted by molar-refractivity contribution is 5.85. The van der Waals surface area contributed by atoms with Crippen molar-refractivity contribution >= 4 is 12.4 Å². The smallest absolute Gasteiger partial charge is 0.161 e. The fourth-order valence-electron chi connectivity index (χ4n) is 2.52. The van der Waals surface area contributed by atoms with E-state index in [4.69, 9.17) is 9.47 Å². The number of hydrogen-bond donors (Lipinski definition) is 0. The van der Waals surface area contributed by atoms with Gasteiger partial charge in [-0.25, -0.2) is 0 Å². The van der Waals surface area contributed by atoms with Crippen LogP contribution in [0.4, 0.5) is 0 Å². The van der Waals surface area contributed by atoms with Crippen LogP contribution in [0.25, 0.3) is 0 Å². The van der Waals surface area contributed by atoms with Crippen molar-refractivity contribution in [2.24, 2.45) is 5.92 Å². The summed E-state index contributed by atoms with van der Waals surface area (Å²) < 4.78 is 10.6. The summed E-state index contributed by atoms with van der Waals surface area (Å²) in [5.74, 6) is 1.62. The van der Waals surface area contributed by atoms with Crippen molar-refractivity contribution in [1.29, 1.82) is 5.26 Å². The van der Waals surface area contributed by atoms with Gasteiger partial charge in [0.1, 0.15) is 0 Å². The monoisotopic (exact) mass is 297 g/mol. The van der Waals surface area contributed by atoms with E-state index in [1.54, 1.807) is 14.2 Å². The van der Waals surface area contributed by atoms with Gasteiger partial charge >= 0.3 is 0 Å². The van der Waals surface area contributed by atoms with Crippen LogP contribution in [0.5, 0.6) is 11.5 Å². The minimum Gasteiger partial charge on any atom is -0.493 e. The molecule has 1 unspecified atom stereocenters. The Labute approximate surface area is 128 Å². The molecule has 1 aromatic carbocycles. The van der Waals surface area contributed by atoms with Gasteiger partial charge in [0.05, 0.1) is 25.7 Å². The summed E-state index contributed by atoms with van der Waals surface area (Å²) in [6.45, 7) is 6.29. The minimum absolute atomic E-state index is 0. The first-order valence-corrected chi connectivity index (χ1v) is 6.69. The number of halogens is 1. The maximum atomic E-state index is 9.70. The van der Waals surface area contributed by atoms with Crippen LogP contribution in [0.3, 0.4) is 0 Å². The second kappa shape index (κ2) is 8.01. The van der Waals surface area contributed by atoms with E-state index in [-0.39, 0.29) is 18.3 Å². The molecule has 0 aliphatic carbocycles. The minimum atomic E-state index is -0.464. The highest BCUT2D eigenvalue weighted by Gasteiger charge is 2.35. The molecule has 0 fully saturated rings. The quantitative estimate of drug-likeness (QED) is 0.784. The van der Waals surface area contributed by atoms with Gasteiger partial charge in [-0.15, -0.1) is 12.4 Å². The summed E-state index contributed by atoms with van der Waals surface area (Å²) in [6, 6.07) is 8.30. The third-order valence-electron chi connectivity index (χ3n) is 3.73. The van der Waals surface area contributed by atoms with Crippen LogP contribution in [0, 0.1) is 17.2 Å². The molecule has 0 radical (unpaired) electrons. The molecule has 4 heteroatoms. The maximum Gasteiger partial charge on any atom is 0.161 e. The summed E-state index contributed by atoms with van der Waals surface area (Å²) in [7, 11) is 3.23. The van der Waals surface area contributed by atoms with Crippen molar-refractivity contribution in [2.45, 2.75) is 39.0 Å². The summed E-state index contributed by atoms with van der Waals surface area (Å²) >= 11 is 0. The summed E-state index contributed by atoms with van der Waals surface area (Å²) in [5.41, 5.74) is 0.540. The highest BCUT2D eigenvalue weighted by Crippen LogP contribution is 2.40. The Bertz CT molecular complexity index is 468. The molecule has 0 aliphatic heterocycles. The average Bonchev–Trinajstić information content (AvgIpc) is 2.43. The maximum absolute atomic E-state index is 9.70. The molecule has 112 valence electrons. The van der Waals surface area contributed by atoms with Crippen LogP contribution >= 0.6 is 12.4 Å². The Balaban J connectivity index is 0.00000361. The van der Waals surface area contributed by atoms with Crippen molar-refractivity contribution < 1.29 is 9.47 Å². The zero-order chi connectivity index (χ0) is 14.5. The Morgan fingerprint density at radius 3 is 2.20 bits per heavy atom. The molecule has 1 atom stereocenters. The van der Waals surface area contributed by atoms with Gasteiger partial charge in [0, 0.05) is 0 Å². The predicted octanol–water partition coefficient (Wildman–Crippen LogP) is 4.34. The Morgan fingerprint density at radius 2 is 1.80 bits per heavy atom. The number of nitrogens with zero attached hydrogens (tertiary/aromatic N) is 1. The van der Waals surface area contributed by atoms with Gasteiger partial charge in [-0.05, 0) is 30.0 Å². The standard InChI is InChI=1S/C16H23NO2.ClH/c1-6-9-16(11-17,12(2)3)13-7-8-14(18-4)15(10-13)19-5;/h7-8,10,12H,6,9H2,1-5H3;1H. The van der Waals surface area contributed by atoms with Crippen LogP contribution in [0.1, 0.15) is 39.2 Å². The molecule has 0 heterocycles. The van der Waals surface area contributed by atoms with E-state index < -0.39 is 5.41 Å².